The van der Waals surface area contributed by atoms with Gasteiger partial charge in [0.2, 0.25) is 0 Å². The Bertz CT molecular complexity index is 380. The summed E-state index contributed by atoms with van der Waals surface area (Å²) in [6.45, 7) is 3.85. The Hall–Kier alpha value is -1.27. The molecule has 0 atom stereocenters. The van der Waals surface area contributed by atoms with Crippen molar-refractivity contribution in [2.45, 2.75) is 32.7 Å². The van der Waals surface area contributed by atoms with Crippen molar-refractivity contribution in [3.8, 4) is 0 Å². The Labute approximate surface area is 112 Å². The van der Waals surface area contributed by atoms with Crippen molar-refractivity contribution in [2.24, 2.45) is 5.73 Å². The second-order valence-electron chi connectivity index (χ2n) is 4.02. The summed E-state index contributed by atoms with van der Waals surface area (Å²) < 4.78 is 0. The van der Waals surface area contributed by atoms with E-state index in [0.717, 1.165) is 30.8 Å². The fourth-order valence-corrected chi connectivity index (χ4v) is 1.72. The van der Waals surface area contributed by atoms with E-state index in [-0.39, 0.29) is 0 Å². The fourth-order valence-electron chi connectivity index (χ4n) is 1.51. The van der Waals surface area contributed by atoms with Gasteiger partial charge in [-0.2, -0.15) is 0 Å². The van der Waals surface area contributed by atoms with Crippen LogP contribution in [0.3, 0.4) is 0 Å². The van der Waals surface area contributed by atoms with Crippen LogP contribution in [0.5, 0.6) is 0 Å². The fraction of sp³-hybridized carbons (Fsp3) is 0.636. The highest BCUT2D eigenvalue weighted by atomic mass is 35.5. The maximum absolute atomic E-state index is 10.4. The first-order chi connectivity index (χ1) is 8.63. The highest BCUT2D eigenvalue weighted by Gasteiger charge is 2.07. The Morgan fingerprint density at radius 3 is 2.94 bits per heavy atom. The van der Waals surface area contributed by atoms with Crippen molar-refractivity contribution in [3.05, 3.63) is 16.7 Å². The lowest BCUT2D eigenvalue weighted by molar-refractivity contribution is 0.249. The Balaban J connectivity index is 2.28. The molecule has 102 valence electrons. The quantitative estimate of drug-likeness (QED) is 0.535. The largest absolute Gasteiger partial charge is 0.352 e. The number of nitrogens with two attached hydrogens (primary N) is 1. The second kappa shape index (κ2) is 7.94. The number of amides is 2. The number of aromatic nitrogens is 2. The molecule has 0 spiro atoms. The second-order valence-corrected chi connectivity index (χ2v) is 4.38. The Kier molecular flexibility index (Phi) is 6.53. The number of aryl methyl sites for hydroxylation is 1. The van der Waals surface area contributed by atoms with Gasteiger partial charge in [0.1, 0.15) is 5.82 Å². The summed E-state index contributed by atoms with van der Waals surface area (Å²) in [6, 6.07) is -0.516. The molecule has 6 nitrogen and oxygen atoms in total. The van der Waals surface area contributed by atoms with Gasteiger partial charge in [0, 0.05) is 26.1 Å². The number of H-pyrrole nitrogens is 1. The van der Waals surface area contributed by atoms with Crippen LogP contribution in [-0.2, 0) is 13.0 Å². The lowest BCUT2D eigenvalue weighted by Crippen LogP contribution is -2.35. The maximum atomic E-state index is 10.4. The molecule has 1 rings (SSSR count). The smallest absolute Gasteiger partial charge is 0.312 e. The first-order valence-electron chi connectivity index (χ1n) is 6.10. The number of unbranched alkanes of at least 4 members (excludes halogenated alkanes) is 1. The topological polar surface area (TPSA) is 95.8 Å². The number of aromatic amines is 1. The molecule has 0 fully saturated rings. The monoisotopic (exact) mass is 273 g/mol. The first kappa shape index (κ1) is 14.8. The number of carbonyl (C=O) groups excluding carboxylic acids is 1. The standard InChI is InChI=1S/C11H20ClN5O/c1-2-3-4-9-16-8(10(12)17-9)7-14-5-6-15-11(13)18/h14H,2-7H2,1H3,(H,16,17)(H3,13,15,18). The predicted octanol–water partition coefficient (Wildman–Crippen LogP) is 1.16. The molecule has 0 aliphatic heterocycles. The van der Waals surface area contributed by atoms with E-state index in [1.165, 1.54) is 0 Å². The summed E-state index contributed by atoms with van der Waals surface area (Å²) >= 11 is 6.02. The number of hydrogen-bond acceptors (Lipinski definition) is 3. The number of urea groups is 1. The van der Waals surface area contributed by atoms with Crippen LogP contribution in [0.15, 0.2) is 0 Å². The number of halogens is 1. The predicted molar refractivity (Wildman–Crippen MR) is 71.5 cm³/mol. The van der Waals surface area contributed by atoms with E-state index in [1.54, 1.807) is 0 Å². The molecule has 2 amide bonds. The van der Waals surface area contributed by atoms with Crippen LogP contribution in [0.4, 0.5) is 4.79 Å². The van der Waals surface area contributed by atoms with Gasteiger partial charge in [0.15, 0.2) is 5.15 Å². The zero-order chi connectivity index (χ0) is 13.4. The third kappa shape index (κ3) is 5.37. The van der Waals surface area contributed by atoms with E-state index < -0.39 is 6.03 Å². The van der Waals surface area contributed by atoms with Crippen molar-refractivity contribution >= 4 is 17.6 Å². The summed E-state index contributed by atoms with van der Waals surface area (Å²) in [5, 5.41) is 6.15. The number of imidazole rings is 1. The third-order valence-electron chi connectivity index (χ3n) is 2.45. The average Bonchev–Trinajstić information content (AvgIpc) is 2.67. The highest BCUT2D eigenvalue weighted by Crippen LogP contribution is 2.13. The molecule has 18 heavy (non-hydrogen) atoms. The molecule has 1 heterocycles. The van der Waals surface area contributed by atoms with Gasteiger partial charge in [-0.3, -0.25) is 0 Å². The molecular weight excluding hydrogens is 254 g/mol. The van der Waals surface area contributed by atoms with Gasteiger partial charge >= 0.3 is 6.03 Å². The minimum atomic E-state index is -0.516. The molecule has 5 N–H and O–H groups in total. The molecule has 0 radical (unpaired) electrons. The van der Waals surface area contributed by atoms with E-state index in [9.17, 15) is 4.79 Å². The molecule has 0 unspecified atom stereocenters. The summed E-state index contributed by atoms with van der Waals surface area (Å²) in [6.07, 6.45) is 3.14. The summed E-state index contributed by atoms with van der Waals surface area (Å²) in [5.74, 6) is 0.925. The molecule has 1 aromatic heterocycles. The third-order valence-corrected chi connectivity index (χ3v) is 2.76. The zero-order valence-corrected chi connectivity index (χ0v) is 11.3. The number of rotatable bonds is 8. The molecule has 0 saturated heterocycles. The van der Waals surface area contributed by atoms with E-state index >= 15 is 0 Å². The molecule has 0 aliphatic rings. The molecule has 1 aromatic rings. The van der Waals surface area contributed by atoms with Crippen molar-refractivity contribution in [1.82, 2.24) is 20.6 Å². The lowest BCUT2D eigenvalue weighted by Gasteiger charge is -2.03. The SMILES string of the molecule is CCCCc1nc(Cl)c(CNCCNC(N)=O)[nH]1. The van der Waals surface area contributed by atoms with Crippen molar-refractivity contribution < 1.29 is 4.79 Å². The minimum absolute atomic E-state index is 0.490. The normalized spacial score (nSPS) is 10.6. The molecule has 7 heteroatoms. The van der Waals surface area contributed by atoms with Crippen LogP contribution in [0.1, 0.15) is 31.3 Å². The molecule has 0 saturated carbocycles. The molecule has 0 aliphatic carbocycles. The van der Waals surface area contributed by atoms with Crippen LogP contribution in [0.25, 0.3) is 0 Å². The van der Waals surface area contributed by atoms with Crippen molar-refractivity contribution in [2.75, 3.05) is 13.1 Å². The van der Waals surface area contributed by atoms with Gasteiger partial charge in [0.05, 0.1) is 5.69 Å². The summed E-state index contributed by atoms with van der Waals surface area (Å²) in [7, 11) is 0. The van der Waals surface area contributed by atoms with E-state index in [2.05, 4.69) is 27.5 Å². The van der Waals surface area contributed by atoms with E-state index in [0.29, 0.717) is 24.8 Å². The van der Waals surface area contributed by atoms with Crippen LogP contribution < -0.4 is 16.4 Å². The number of hydrogen-bond donors (Lipinski definition) is 4. The number of primary amides is 1. The number of nitrogens with one attached hydrogen (secondary N) is 3. The summed E-state index contributed by atoms with van der Waals surface area (Å²) in [4.78, 5) is 17.9. The Morgan fingerprint density at radius 2 is 2.28 bits per heavy atom. The van der Waals surface area contributed by atoms with Crippen LogP contribution >= 0.6 is 11.6 Å². The van der Waals surface area contributed by atoms with Gasteiger partial charge in [-0.15, -0.1) is 0 Å². The van der Waals surface area contributed by atoms with Crippen molar-refractivity contribution in [3.63, 3.8) is 0 Å². The highest BCUT2D eigenvalue weighted by molar-refractivity contribution is 6.30. The van der Waals surface area contributed by atoms with Crippen LogP contribution in [-0.4, -0.2) is 29.1 Å². The van der Waals surface area contributed by atoms with E-state index in [4.69, 9.17) is 17.3 Å². The average molecular weight is 274 g/mol. The minimum Gasteiger partial charge on any atom is -0.352 e. The summed E-state index contributed by atoms with van der Waals surface area (Å²) in [5.41, 5.74) is 5.82. The molecular formula is C11H20ClN5O. The number of nitrogens with zero attached hydrogens (tertiary/aromatic N) is 1. The van der Waals surface area contributed by atoms with Gasteiger partial charge in [-0.1, -0.05) is 24.9 Å². The van der Waals surface area contributed by atoms with Crippen molar-refractivity contribution in [1.29, 1.82) is 0 Å². The Morgan fingerprint density at radius 1 is 1.50 bits per heavy atom. The molecule has 0 bridgehead atoms. The van der Waals surface area contributed by atoms with Crippen LogP contribution in [0, 0.1) is 0 Å². The number of carbonyl (C=O) groups is 1. The van der Waals surface area contributed by atoms with E-state index in [1.807, 2.05) is 0 Å². The van der Waals surface area contributed by atoms with Gasteiger partial charge in [-0.25, -0.2) is 9.78 Å². The van der Waals surface area contributed by atoms with Gasteiger partial charge in [-0.05, 0) is 6.42 Å². The molecule has 0 aromatic carbocycles. The zero-order valence-electron chi connectivity index (χ0n) is 10.6. The lowest BCUT2D eigenvalue weighted by atomic mass is 10.2. The first-order valence-corrected chi connectivity index (χ1v) is 6.48. The van der Waals surface area contributed by atoms with Gasteiger partial charge in [0.25, 0.3) is 0 Å². The van der Waals surface area contributed by atoms with Crippen LogP contribution in [0.2, 0.25) is 5.15 Å². The maximum Gasteiger partial charge on any atom is 0.312 e. The van der Waals surface area contributed by atoms with Gasteiger partial charge < -0.3 is 21.4 Å².